The molecule has 2 rings (SSSR count). The van der Waals surface area contributed by atoms with Crippen molar-refractivity contribution in [2.75, 3.05) is 7.11 Å². The summed E-state index contributed by atoms with van der Waals surface area (Å²) in [5, 5.41) is 0. The molecule has 4 nitrogen and oxygen atoms in total. The lowest BCUT2D eigenvalue weighted by Crippen LogP contribution is -2.55. The molecule has 0 spiro atoms. The van der Waals surface area contributed by atoms with Gasteiger partial charge < -0.3 is 4.74 Å². The van der Waals surface area contributed by atoms with Crippen molar-refractivity contribution in [3.8, 4) is 0 Å². The Kier molecular flexibility index (Phi) is 4.00. The number of nitrogens with two attached hydrogens (primary N) is 1. The summed E-state index contributed by atoms with van der Waals surface area (Å²) >= 11 is 0. The molecule has 0 amide bonds. The molecule has 0 aliphatic heterocycles. The Morgan fingerprint density at radius 3 is 3.00 bits per heavy atom. The van der Waals surface area contributed by atoms with Crippen molar-refractivity contribution < 1.29 is 4.74 Å². The molecule has 2 unspecified atom stereocenters. The van der Waals surface area contributed by atoms with Crippen molar-refractivity contribution in [1.82, 2.24) is 10.4 Å². The Balaban J connectivity index is 2.34. The second-order valence-corrected chi connectivity index (χ2v) is 5.50. The first kappa shape index (κ1) is 13.5. The number of hydrogen-bond acceptors (Lipinski definition) is 4. The van der Waals surface area contributed by atoms with E-state index in [0.717, 1.165) is 12.8 Å². The molecule has 100 valence electrons. The molecule has 1 aliphatic carbocycles. The third kappa shape index (κ3) is 2.41. The van der Waals surface area contributed by atoms with Crippen molar-refractivity contribution in [3.63, 3.8) is 0 Å². The number of nitrogens with zero attached hydrogens (tertiary/aromatic N) is 1. The van der Waals surface area contributed by atoms with Gasteiger partial charge in [0.25, 0.3) is 0 Å². The Bertz CT molecular complexity index is 406. The number of aryl methyl sites for hydroxylation is 1. The first-order chi connectivity index (χ1) is 8.60. The van der Waals surface area contributed by atoms with Crippen LogP contribution in [0.5, 0.6) is 0 Å². The number of pyridine rings is 1. The van der Waals surface area contributed by atoms with Gasteiger partial charge in [-0.25, -0.2) is 0 Å². The fourth-order valence-corrected chi connectivity index (χ4v) is 2.90. The zero-order valence-electron chi connectivity index (χ0n) is 11.4. The van der Waals surface area contributed by atoms with Crippen LogP contribution < -0.4 is 11.3 Å². The quantitative estimate of drug-likeness (QED) is 0.630. The van der Waals surface area contributed by atoms with Crippen LogP contribution in [0.25, 0.3) is 0 Å². The van der Waals surface area contributed by atoms with Crippen LogP contribution in [0.15, 0.2) is 18.3 Å². The Morgan fingerprint density at radius 1 is 1.56 bits per heavy atom. The predicted molar refractivity (Wildman–Crippen MR) is 72.1 cm³/mol. The summed E-state index contributed by atoms with van der Waals surface area (Å²) in [5.41, 5.74) is 5.15. The van der Waals surface area contributed by atoms with Gasteiger partial charge in [-0.3, -0.25) is 16.3 Å². The van der Waals surface area contributed by atoms with E-state index in [-0.39, 0.29) is 11.6 Å². The Hall–Kier alpha value is -0.970. The maximum atomic E-state index is 5.76. The van der Waals surface area contributed by atoms with Crippen molar-refractivity contribution >= 4 is 0 Å². The second kappa shape index (κ2) is 5.34. The minimum Gasteiger partial charge on any atom is -0.377 e. The molecule has 0 saturated carbocycles. The minimum absolute atomic E-state index is 0.0662. The average Bonchev–Trinajstić information content (AvgIpc) is 2.39. The Labute approximate surface area is 109 Å². The molecule has 18 heavy (non-hydrogen) atoms. The van der Waals surface area contributed by atoms with Gasteiger partial charge in [-0.05, 0) is 44.7 Å². The number of hydrazine groups is 1. The highest BCUT2D eigenvalue weighted by Gasteiger charge is 2.38. The SMILES string of the molecule is COC(C)(C)C(NN)C1CCCc2cccnc21. The van der Waals surface area contributed by atoms with E-state index in [0.29, 0.717) is 5.92 Å². The highest BCUT2D eigenvalue weighted by Crippen LogP contribution is 2.36. The fourth-order valence-electron chi connectivity index (χ4n) is 2.90. The van der Waals surface area contributed by atoms with Gasteiger partial charge >= 0.3 is 0 Å². The zero-order chi connectivity index (χ0) is 13.2. The summed E-state index contributed by atoms with van der Waals surface area (Å²) in [6, 6.07) is 4.24. The van der Waals surface area contributed by atoms with E-state index in [4.69, 9.17) is 10.6 Å². The molecular weight excluding hydrogens is 226 g/mol. The molecule has 4 heteroatoms. The summed E-state index contributed by atoms with van der Waals surface area (Å²) < 4.78 is 5.59. The summed E-state index contributed by atoms with van der Waals surface area (Å²) in [7, 11) is 1.73. The first-order valence-corrected chi connectivity index (χ1v) is 6.55. The van der Waals surface area contributed by atoms with Gasteiger partial charge in [-0.2, -0.15) is 0 Å². The largest absolute Gasteiger partial charge is 0.377 e. The molecular formula is C14H23N3O. The van der Waals surface area contributed by atoms with Crippen molar-refractivity contribution in [2.45, 2.75) is 50.7 Å². The summed E-state index contributed by atoms with van der Waals surface area (Å²) in [6.07, 6.45) is 5.27. The zero-order valence-corrected chi connectivity index (χ0v) is 11.4. The van der Waals surface area contributed by atoms with E-state index < -0.39 is 0 Å². The number of ether oxygens (including phenoxy) is 1. The number of nitrogens with one attached hydrogen (secondary N) is 1. The van der Waals surface area contributed by atoms with E-state index in [1.54, 1.807) is 7.11 Å². The van der Waals surface area contributed by atoms with Crippen LogP contribution >= 0.6 is 0 Å². The van der Waals surface area contributed by atoms with Crippen LogP contribution in [-0.2, 0) is 11.2 Å². The molecule has 0 aromatic carbocycles. The average molecular weight is 249 g/mol. The maximum Gasteiger partial charge on any atom is 0.0795 e. The highest BCUT2D eigenvalue weighted by molar-refractivity contribution is 5.28. The van der Waals surface area contributed by atoms with Gasteiger partial charge in [0.2, 0.25) is 0 Å². The van der Waals surface area contributed by atoms with E-state index in [1.165, 1.54) is 17.7 Å². The molecule has 0 radical (unpaired) electrons. The first-order valence-electron chi connectivity index (χ1n) is 6.55. The van der Waals surface area contributed by atoms with E-state index in [1.807, 2.05) is 12.3 Å². The fraction of sp³-hybridized carbons (Fsp3) is 0.643. The molecule has 1 aliphatic rings. The molecule has 0 bridgehead atoms. The maximum absolute atomic E-state index is 5.76. The highest BCUT2D eigenvalue weighted by atomic mass is 16.5. The molecule has 3 N–H and O–H groups in total. The number of methoxy groups -OCH3 is 1. The lowest BCUT2D eigenvalue weighted by Gasteiger charge is -2.40. The monoisotopic (exact) mass is 249 g/mol. The van der Waals surface area contributed by atoms with Crippen LogP contribution in [0.3, 0.4) is 0 Å². The summed E-state index contributed by atoms with van der Waals surface area (Å²) in [6.45, 7) is 4.13. The summed E-state index contributed by atoms with van der Waals surface area (Å²) in [4.78, 5) is 4.57. The molecule has 0 saturated heterocycles. The Morgan fingerprint density at radius 2 is 2.33 bits per heavy atom. The molecule has 1 aromatic heterocycles. The molecule has 0 fully saturated rings. The van der Waals surface area contributed by atoms with Crippen LogP contribution in [0.4, 0.5) is 0 Å². The number of aromatic nitrogens is 1. The van der Waals surface area contributed by atoms with Crippen LogP contribution in [0.2, 0.25) is 0 Å². The standard InChI is InChI=1S/C14H23N3O/c1-14(2,18-3)13(17-15)11-8-4-6-10-7-5-9-16-12(10)11/h5,7,9,11,13,17H,4,6,8,15H2,1-3H3. The third-order valence-electron chi connectivity index (χ3n) is 4.10. The van der Waals surface area contributed by atoms with Crippen molar-refractivity contribution in [2.24, 2.45) is 5.84 Å². The third-order valence-corrected chi connectivity index (χ3v) is 4.10. The molecule has 1 aromatic rings. The van der Waals surface area contributed by atoms with E-state index >= 15 is 0 Å². The van der Waals surface area contributed by atoms with Crippen LogP contribution in [0.1, 0.15) is 43.9 Å². The van der Waals surface area contributed by atoms with Crippen LogP contribution in [-0.4, -0.2) is 23.7 Å². The van der Waals surface area contributed by atoms with Gasteiger partial charge in [0.1, 0.15) is 0 Å². The van der Waals surface area contributed by atoms with Gasteiger partial charge in [-0.15, -0.1) is 0 Å². The predicted octanol–water partition coefficient (Wildman–Crippen LogP) is 1.76. The van der Waals surface area contributed by atoms with E-state index in [9.17, 15) is 0 Å². The van der Waals surface area contributed by atoms with Gasteiger partial charge in [0.05, 0.1) is 11.6 Å². The number of hydrogen-bond donors (Lipinski definition) is 2. The number of rotatable bonds is 4. The van der Waals surface area contributed by atoms with Crippen LogP contribution in [0, 0.1) is 0 Å². The van der Waals surface area contributed by atoms with Gasteiger partial charge in [0.15, 0.2) is 0 Å². The smallest absolute Gasteiger partial charge is 0.0795 e. The minimum atomic E-state index is -0.314. The number of fused-ring (bicyclic) bond motifs is 1. The summed E-state index contributed by atoms with van der Waals surface area (Å²) in [5.74, 6) is 6.08. The van der Waals surface area contributed by atoms with Gasteiger partial charge in [-0.1, -0.05) is 6.07 Å². The van der Waals surface area contributed by atoms with Gasteiger partial charge in [0, 0.05) is 24.9 Å². The van der Waals surface area contributed by atoms with Crippen molar-refractivity contribution in [3.05, 3.63) is 29.6 Å². The molecule has 2 atom stereocenters. The second-order valence-electron chi connectivity index (χ2n) is 5.50. The van der Waals surface area contributed by atoms with E-state index in [2.05, 4.69) is 30.3 Å². The lowest BCUT2D eigenvalue weighted by molar-refractivity contribution is -0.0202. The topological polar surface area (TPSA) is 60.2 Å². The normalized spacial score (nSPS) is 21.4. The lowest BCUT2D eigenvalue weighted by atomic mass is 9.77. The van der Waals surface area contributed by atoms with Crippen molar-refractivity contribution in [1.29, 1.82) is 0 Å². The molecule has 1 heterocycles.